The van der Waals surface area contributed by atoms with Crippen LogP contribution < -0.4 is 0 Å². The Hall–Kier alpha value is -0.730. The van der Waals surface area contributed by atoms with Crippen LogP contribution in [0.5, 0.6) is 5.75 Å². The van der Waals surface area contributed by atoms with E-state index in [1.807, 2.05) is 0 Å². The minimum Gasteiger partial charge on any atom is -0.508 e. The van der Waals surface area contributed by atoms with Gasteiger partial charge in [-0.3, -0.25) is 0 Å². The lowest BCUT2D eigenvalue weighted by molar-refractivity contribution is 0.288. The van der Waals surface area contributed by atoms with Crippen LogP contribution in [0.3, 0.4) is 0 Å². The lowest BCUT2D eigenvalue weighted by Gasteiger charge is -2.04. The fraction of sp³-hybridized carbons (Fsp3) is 0.333. The van der Waals surface area contributed by atoms with Crippen molar-refractivity contribution >= 4 is 11.6 Å². The molecule has 1 aromatic carbocycles. The fourth-order valence-corrected chi connectivity index (χ4v) is 1.31. The molecule has 1 rings (SSSR count). The highest BCUT2D eigenvalue weighted by Crippen LogP contribution is 2.26. The van der Waals surface area contributed by atoms with E-state index >= 15 is 0 Å². The Labute approximate surface area is 76.4 Å². The molecule has 0 saturated heterocycles. The average molecular weight is 187 g/mol. The summed E-state index contributed by atoms with van der Waals surface area (Å²) < 4.78 is 0. The molecule has 0 heterocycles. The molecule has 0 aromatic heterocycles. The molecule has 0 aliphatic carbocycles. The monoisotopic (exact) mass is 186 g/mol. The molecule has 12 heavy (non-hydrogen) atoms. The van der Waals surface area contributed by atoms with Crippen molar-refractivity contribution in [2.24, 2.45) is 0 Å². The van der Waals surface area contributed by atoms with Gasteiger partial charge in [-0.05, 0) is 25.0 Å². The first-order chi connectivity index (χ1) is 5.75. The van der Waals surface area contributed by atoms with Crippen molar-refractivity contribution in [1.29, 1.82) is 0 Å². The van der Waals surface area contributed by atoms with Gasteiger partial charge in [-0.2, -0.15) is 0 Å². The topological polar surface area (TPSA) is 40.5 Å². The van der Waals surface area contributed by atoms with E-state index in [1.54, 1.807) is 18.2 Å². The van der Waals surface area contributed by atoms with Crippen LogP contribution in [0.25, 0.3) is 0 Å². The number of phenols is 1. The molecular weight excluding hydrogens is 176 g/mol. The second kappa shape index (κ2) is 4.33. The molecule has 0 bridgehead atoms. The van der Waals surface area contributed by atoms with Crippen LogP contribution in [0.1, 0.15) is 12.0 Å². The number of phenolic OH excluding ortho intramolecular Hbond substituents is 1. The second-order valence-corrected chi connectivity index (χ2v) is 2.97. The number of hydrogen-bond donors (Lipinski definition) is 2. The minimum absolute atomic E-state index is 0.116. The highest BCUT2D eigenvalue weighted by atomic mass is 35.5. The van der Waals surface area contributed by atoms with Gasteiger partial charge in [0, 0.05) is 17.2 Å². The maximum atomic E-state index is 9.35. The maximum absolute atomic E-state index is 9.35. The lowest BCUT2D eigenvalue weighted by Crippen LogP contribution is -1.90. The van der Waals surface area contributed by atoms with E-state index in [0.717, 1.165) is 0 Å². The zero-order valence-corrected chi connectivity index (χ0v) is 7.38. The highest BCUT2D eigenvalue weighted by molar-refractivity contribution is 6.31. The van der Waals surface area contributed by atoms with Crippen LogP contribution in [0, 0.1) is 0 Å². The molecule has 3 heteroatoms. The quantitative estimate of drug-likeness (QED) is 0.758. The third-order valence-electron chi connectivity index (χ3n) is 1.68. The number of aromatic hydroxyl groups is 1. The molecule has 2 nitrogen and oxygen atoms in total. The summed E-state index contributed by atoms with van der Waals surface area (Å²) in [4.78, 5) is 0. The molecule has 1 aromatic rings. The Morgan fingerprint density at radius 3 is 2.67 bits per heavy atom. The van der Waals surface area contributed by atoms with E-state index in [2.05, 4.69) is 0 Å². The molecule has 2 N–H and O–H groups in total. The van der Waals surface area contributed by atoms with Crippen molar-refractivity contribution in [1.82, 2.24) is 0 Å². The van der Waals surface area contributed by atoms with Gasteiger partial charge in [0.15, 0.2) is 0 Å². The van der Waals surface area contributed by atoms with Gasteiger partial charge in [-0.1, -0.05) is 17.7 Å². The van der Waals surface area contributed by atoms with Gasteiger partial charge >= 0.3 is 0 Å². The number of hydrogen-bond acceptors (Lipinski definition) is 2. The Bertz CT molecular complexity index is 240. The number of aliphatic hydroxyl groups excluding tert-OH is 1. The molecule has 0 amide bonds. The molecule has 0 unspecified atom stereocenters. The highest BCUT2D eigenvalue weighted by Gasteiger charge is 2.04. The van der Waals surface area contributed by atoms with E-state index in [4.69, 9.17) is 16.7 Å². The van der Waals surface area contributed by atoms with Crippen molar-refractivity contribution in [3.05, 3.63) is 28.8 Å². The number of aliphatic hydroxyl groups is 1. The van der Waals surface area contributed by atoms with Gasteiger partial charge in [0.05, 0.1) is 0 Å². The van der Waals surface area contributed by atoms with Gasteiger partial charge in [0.2, 0.25) is 0 Å². The van der Waals surface area contributed by atoms with Gasteiger partial charge in [0.1, 0.15) is 5.75 Å². The first-order valence-electron chi connectivity index (χ1n) is 3.83. The van der Waals surface area contributed by atoms with Crippen LogP contribution in [-0.4, -0.2) is 16.8 Å². The molecule has 0 fully saturated rings. The van der Waals surface area contributed by atoms with E-state index in [9.17, 15) is 5.11 Å². The summed E-state index contributed by atoms with van der Waals surface area (Å²) in [6.45, 7) is 0.116. The van der Waals surface area contributed by atoms with Gasteiger partial charge in [-0.25, -0.2) is 0 Å². The summed E-state index contributed by atoms with van der Waals surface area (Å²) >= 11 is 5.82. The Balaban J connectivity index is 2.81. The predicted molar refractivity (Wildman–Crippen MR) is 48.5 cm³/mol. The molecule has 0 spiro atoms. The summed E-state index contributed by atoms with van der Waals surface area (Å²) in [6, 6.07) is 5.02. The Kier molecular flexibility index (Phi) is 3.38. The molecule has 0 aliphatic rings. The van der Waals surface area contributed by atoms with Gasteiger partial charge in [0.25, 0.3) is 0 Å². The maximum Gasteiger partial charge on any atom is 0.120 e. The Morgan fingerprint density at radius 1 is 1.33 bits per heavy atom. The summed E-state index contributed by atoms with van der Waals surface area (Å²) in [5.74, 6) is 0.205. The SMILES string of the molecule is OCCCc1c(O)cccc1Cl. The van der Waals surface area contributed by atoms with Crippen molar-refractivity contribution in [3.63, 3.8) is 0 Å². The summed E-state index contributed by atoms with van der Waals surface area (Å²) in [6.07, 6.45) is 1.24. The molecule has 0 atom stereocenters. The van der Waals surface area contributed by atoms with Crippen molar-refractivity contribution < 1.29 is 10.2 Å². The van der Waals surface area contributed by atoms with Crippen LogP contribution in [0.15, 0.2) is 18.2 Å². The zero-order chi connectivity index (χ0) is 8.97. The third-order valence-corrected chi connectivity index (χ3v) is 2.03. The van der Waals surface area contributed by atoms with Crippen LogP contribution in [0.2, 0.25) is 5.02 Å². The summed E-state index contributed by atoms with van der Waals surface area (Å²) in [5.41, 5.74) is 0.716. The Morgan fingerprint density at radius 2 is 2.08 bits per heavy atom. The first-order valence-corrected chi connectivity index (χ1v) is 4.20. The smallest absolute Gasteiger partial charge is 0.120 e. The van der Waals surface area contributed by atoms with E-state index in [-0.39, 0.29) is 12.4 Å². The molecule has 0 aliphatic heterocycles. The number of benzene rings is 1. The largest absolute Gasteiger partial charge is 0.508 e. The number of halogens is 1. The average Bonchev–Trinajstić information content (AvgIpc) is 2.04. The van der Waals surface area contributed by atoms with E-state index in [0.29, 0.717) is 23.4 Å². The van der Waals surface area contributed by atoms with Crippen molar-refractivity contribution in [2.75, 3.05) is 6.61 Å². The van der Waals surface area contributed by atoms with E-state index < -0.39 is 0 Å². The second-order valence-electron chi connectivity index (χ2n) is 2.56. The minimum atomic E-state index is 0.116. The van der Waals surface area contributed by atoms with Crippen LogP contribution in [-0.2, 0) is 6.42 Å². The van der Waals surface area contributed by atoms with Crippen LogP contribution in [0.4, 0.5) is 0 Å². The van der Waals surface area contributed by atoms with Gasteiger partial charge < -0.3 is 10.2 Å². The first kappa shape index (κ1) is 9.36. The zero-order valence-electron chi connectivity index (χ0n) is 6.63. The normalized spacial score (nSPS) is 10.2. The summed E-state index contributed by atoms with van der Waals surface area (Å²) in [5, 5.41) is 18.5. The fourth-order valence-electron chi connectivity index (χ4n) is 1.05. The number of rotatable bonds is 3. The summed E-state index contributed by atoms with van der Waals surface area (Å²) in [7, 11) is 0. The van der Waals surface area contributed by atoms with Crippen LogP contribution >= 0.6 is 11.6 Å². The molecule has 66 valence electrons. The van der Waals surface area contributed by atoms with Gasteiger partial charge in [-0.15, -0.1) is 0 Å². The molecule has 0 radical (unpaired) electrons. The lowest BCUT2D eigenvalue weighted by atomic mass is 10.1. The van der Waals surface area contributed by atoms with Crippen molar-refractivity contribution in [2.45, 2.75) is 12.8 Å². The van der Waals surface area contributed by atoms with E-state index in [1.165, 1.54) is 0 Å². The molecular formula is C9H11ClO2. The standard InChI is InChI=1S/C9H11ClO2/c10-8-4-1-5-9(12)7(8)3-2-6-11/h1,4-5,11-12H,2-3,6H2. The molecule has 0 saturated carbocycles. The predicted octanol–water partition coefficient (Wildman–Crippen LogP) is 1.97. The third kappa shape index (κ3) is 2.13. The van der Waals surface area contributed by atoms with Crippen molar-refractivity contribution in [3.8, 4) is 5.75 Å².